The number of unbranched alkanes of at least 4 members (excludes halogenated alkanes) is 5. The highest BCUT2D eigenvalue weighted by atomic mass is 16.5. The molecule has 12 heteroatoms. The number of ether oxygens (including phenoxy) is 2. The lowest BCUT2D eigenvalue weighted by Crippen LogP contribution is -2.18. The Balaban J connectivity index is 0.875. The van der Waals surface area contributed by atoms with Crippen LogP contribution in [-0.2, 0) is 26.1 Å². The monoisotopic (exact) mass is 622 g/mol. The zero-order chi connectivity index (χ0) is 31.9. The van der Waals surface area contributed by atoms with Crippen LogP contribution in [0.1, 0.15) is 61.8 Å². The van der Waals surface area contributed by atoms with Gasteiger partial charge in [-0.1, -0.05) is 80.3 Å². The van der Waals surface area contributed by atoms with Crippen molar-refractivity contribution in [1.82, 2.24) is 29.7 Å². The fourth-order valence-electron chi connectivity index (χ4n) is 5.49. The highest BCUT2D eigenvalue weighted by Gasteiger charge is 2.14. The highest BCUT2D eigenvalue weighted by molar-refractivity contribution is 5.90. The van der Waals surface area contributed by atoms with Gasteiger partial charge in [-0.05, 0) is 47.2 Å². The summed E-state index contributed by atoms with van der Waals surface area (Å²) >= 11 is 0. The largest absolute Gasteiger partial charge is 0.504 e. The van der Waals surface area contributed by atoms with Crippen molar-refractivity contribution in [3.05, 3.63) is 96.1 Å². The molecule has 6 aromatic rings. The Hall–Kier alpha value is -5.52. The summed E-state index contributed by atoms with van der Waals surface area (Å²) in [5, 5.41) is 41.3. The summed E-state index contributed by atoms with van der Waals surface area (Å²) in [5.41, 5.74) is 0. The van der Waals surface area contributed by atoms with Crippen LogP contribution in [0, 0.1) is 0 Å². The van der Waals surface area contributed by atoms with Crippen LogP contribution < -0.4 is 21.2 Å². The Labute approximate surface area is 266 Å². The first-order valence-electron chi connectivity index (χ1n) is 15.5. The Kier molecular flexibility index (Phi) is 9.32. The molecule has 0 unspecified atom stereocenters. The normalized spacial score (nSPS) is 11.4. The first kappa shape index (κ1) is 30.5. The molecule has 6 N–H and O–H groups in total. The highest BCUT2D eigenvalue weighted by Crippen LogP contribution is 2.35. The Morgan fingerprint density at radius 3 is 1.67 bits per heavy atom. The molecule has 0 aliphatic carbocycles. The predicted molar refractivity (Wildman–Crippen MR) is 175 cm³/mol. The van der Waals surface area contributed by atoms with Gasteiger partial charge in [-0.25, -0.2) is 9.35 Å². The molecule has 46 heavy (non-hydrogen) atoms. The van der Waals surface area contributed by atoms with Crippen molar-refractivity contribution in [1.29, 1.82) is 0 Å². The van der Waals surface area contributed by atoms with Crippen LogP contribution in [0.3, 0.4) is 0 Å². The van der Waals surface area contributed by atoms with Crippen molar-refractivity contribution in [2.45, 2.75) is 64.6 Å². The Morgan fingerprint density at radius 2 is 1.04 bits per heavy atom. The molecule has 0 bridgehead atoms. The summed E-state index contributed by atoms with van der Waals surface area (Å²) in [6, 6.07) is 22.5. The van der Waals surface area contributed by atoms with Gasteiger partial charge in [0.15, 0.2) is 46.3 Å². The number of nitrogen functional groups attached to an aromatic ring is 2. The molecule has 0 radical (unpaired) electrons. The van der Waals surface area contributed by atoms with Crippen LogP contribution in [0.4, 0.5) is 0 Å². The minimum atomic E-state index is 0.0704. The number of aryl methyl sites for hydroxylation is 2. The number of phenols is 2. The van der Waals surface area contributed by atoms with Gasteiger partial charge < -0.3 is 31.4 Å². The van der Waals surface area contributed by atoms with Crippen LogP contribution in [0.2, 0.25) is 0 Å². The molecule has 0 aliphatic heterocycles. The second kappa shape index (κ2) is 14.1. The number of nitrogens with two attached hydrogens (primary N) is 2. The van der Waals surface area contributed by atoms with Crippen molar-refractivity contribution < 1.29 is 19.7 Å². The first-order chi connectivity index (χ1) is 22.5. The van der Waals surface area contributed by atoms with Crippen LogP contribution >= 0.6 is 0 Å². The number of hydrogen-bond acceptors (Lipinski definition) is 10. The summed E-state index contributed by atoms with van der Waals surface area (Å²) in [5.74, 6) is 15.8. The van der Waals surface area contributed by atoms with Crippen LogP contribution in [-0.4, -0.2) is 40.0 Å². The van der Waals surface area contributed by atoms with Crippen LogP contribution in [0.5, 0.6) is 23.0 Å². The molecule has 2 aromatic heterocycles. The number of aromatic nitrogens is 6. The van der Waals surface area contributed by atoms with Gasteiger partial charge in [-0.3, -0.25) is 0 Å². The Bertz CT molecular complexity index is 1870. The van der Waals surface area contributed by atoms with Crippen LogP contribution in [0.25, 0.3) is 21.5 Å². The quantitative estimate of drug-likeness (QED) is 0.0870. The number of phenolic OH excluding ortho intramolecular Hbond substituents is 2. The number of aromatic hydroxyl groups is 2. The standard InChI is InChI=1S/C34H38N8O4/c35-41-30(37-39-32(41)21-45-28-18-17-23-11-9-10-14-26(23)34(28)44)15-5-3-1-2-4-6-16-31-38-40-33(42(31)36)22-46-29-20-25-13-8-7-12-24(25)19-27(29)43/h7-14,17-20,43-44H,1-6,15-16,21-22,35-36H2. The molecule has 0 amide bonds. The second-order valence-electron chi connectivity index (χ2n) is 11.3. The van der Waals surface area contributed by atoms with E-state index in [4.69, 9.17) is 21.2 Å². The molecule has 0 spiro atoms. The van der Waals surface area contributed by atoms with Gasteiger partial charge in [0.2, 0.25) is 0 Å². The summed E-state index contributed by atoms with van der Waals surface area (Å²) in [6.07, 6.45) is 7.66. The van der Waals surface area contributed by atoms with E-state index in [1.54, 1.807) is 18.2 Å². The number of rotatable bonds is 15. The lowest BCUT2D eigenvalue weighted by Gasteiger charge is -2.10. The lowest BCUT2D eigenvalue weighted by molar-refractivity contribution is 0.277. The minimum absolute atomic E-state index is 0.0704. The average molecular weight is 623 g/mol. The van der Waals surface area contributed by atoms with E-state index in [0.29, 0.717) is 34.8 Å². The Morgan fingerprint density at radius 1 is 0.543 bits per heavy atom. The topological polar surface area (TPSA) is 172 Å². The van der Waals surface area contributed by atoms with E-state index in [9.17, 15) is 10.2 Å². The van der Waals surface area contributed by atoms with E-state index in [0.717, 1.165) is 72.9 Å². The van der Waals surface area contributed by atoms with Crippen molar-refractivity contribution in [3.8, 4) is 23.0 Å². The molecule has 0 saturated heterocycles. The van der Waals surface area contributed by atoms with Gasteiger partial charge in [-0.15, -0.1) is 20.4 Å². The third kappa shape index (κ3) is 6.90. The van der Waals surface area contributed by atoms with E-state index in [1.165, 1.54) is 9.35 Å². The molecule has 12 nitrogen and oxygen atoms in total. The van der Waals surface area contributed by atoms with Gasteiger partial charge in [0.05, 0.1) is 0 Å². The molecule has 0 atom stereocenters. The van der Waals surface area contributed by atoms with Crippen LogP contribution in [0.15, 0.2) is 72.8 Å². The zero-order valence-corrected chi connectivity index (χ0v) is 25.5. The first-order valence-corrected chi connectivity index (χ1v) is 15.5. The fourth-order valence-corrected chi connectivity index (χ4v) is 5.49. The van der Waals surface area contributed by atoms with Gasteiger partial charge in [0, 0.05) is 18.2 Å². The van der Waals surface area contributed by atoms with Crippen molar-refractivity contribution in [2.24, 2.45) is 0 Å². The lowest BCUT2D eigenvalue weighted by atomic mass is 10.1. The number of fused-ring (bicyclic) bond motifs is 2. The number of benzene rings is 4. The molecular formula is C34H38N8O4. The van der Waals surface area contributed by atoms with E-state index in [-0.39, 0.29) is 24.7 Å². The maximum Gasteiger partial charge on any atom is 0.189 e. The van der Waals surface area contributed by atoms with Gasteiger partial charge in [0.25, 0.3) is 0 Å². The third-order valence-corrected chi connectivity index (χ3v) is 8.13. The average Bonchev–Trinajstić information content (AvgIpc) is 3.61. The smallest absolute Gasteiger partial charge is 0.189 e. The van der Waals surface area contributed by atoms with E-state index >= 15 is 0 Å². The molecule has 6 rings (SSSR count). The summed E-state index contributed by atoms with van der Waals surface area (Å²) in [7, 11) is 0. The summed E-state index contributed by atoms with van der Waals surface area (Å²) < 4.78 is 14.6. The number of nitrogens with zero attached hydrogens (tertiary/aromatic N) is 6. The van der Waals surface area contributed by atoms with Gasteiger partial charge in [-0.2, -0.15) is 0 Å². The van der Waals surface area contributed by atoms with E-state index in [1.807, 2.05) is 54.6 Å². The van der Waals surface area contributed by atoms with Crippen molar-refractivity contribution >= 4 is 21.5 Å². The molecular weight excluding hydrogens is 584 g/mol. The third-order valence-electron chi connectivity index (χ3n) is 8.13. The maximum atomic E-state index is 10.6. The van der Waals surface area contributed by atoms with Crippen molar-refractivity contribution in [3.63, 3.8) is 0 Å². The molecule has 0 fully saturated rings. The number of hydrogen-bond donors (Lipinski definition) is 4. The van der Waals surface area contributed by atoms with E-state index in [2.05, 4.69) is 20.4 Å². The second-order valence-corrected chi connectivity index (χ2v) is 11.3. The summed E-state index contributed by atoms with van der Waals surface area (Å²) in [4.78, 5) is 0. The van der Waals surface area contributed by atoms with Crippen molar-refractivity contribution in [2.75, 3.05) is 11.7 Å². The minimum Gasteiger partial charge on any atom is -0.504 e. The summed E-state index contributed by atoms with van der Waals surface area (Å²) in [6.45, 7) is 0.211. The molecule has 0 saturated carbocycles. The SMILES string of the molecule is Nn1c(CCCCCCCCc2nnc(COc3ccc4ccccc4c3O)n2N)nnc1COc1cc2ccccc2cc1O. The fraction of sp³-hybridized carbons (Fsp3) is 0.294. The molecule has 238 valence electrons. The molecule has 4 aromatic carbocycles. The zero-order valence-electron chi connectivity index (χ0n) is 25.5. The van der Waals surface area contributed by atoms with Gasteiger partial charge in [0.1, 0.15) is 13.2 Å². The molecule has 0 aliphatic rings. The predicted octanol–water partition coefficient (Wildman–Crippen LogP) is 5.30. The van der Waals surface area contributed by atoms with Gasteiger partial charge >= 0.3 is 0 Å². The van der Waals surface area contributed by atoms with E-state index < -0.39 is 0 Å². The maximum absolute atomic E-state index is 10.6. The molecule has 2 heterocycles.